The lowest BCUT2D eigenvalue weighted by atomic mass is 9.98. The maximum atomic E-state index is 13.7. The molecule has 2 rings (SSSR count). The molecule has 21 heavy (non-hydrogen) atoms. The van der Waals surface area contributed by atoms with Gasteiger partial charge in [-0.05, 0) is 37.8 Å². The molecule has 0 heterocycles. The molecule has 3 N–H and O–H groups in total. The van der Waals surface area contributed by atoms with Crippen molar-refractivity contribution in [2.24, 2.45) is 5.92 Å². The summed E-state index contributed by atoms with van der Waals surface area (Å²) in [6.45, 7) is 3.52. The number of halogens is 1. The third-order valence-electron chi connectivity index (χ3n) is 4.28. The highest BCUT2D eigenvalue weighted by atomic mass is 32.2. The molecule has 1 aromatic rings. The van der Waals surface area contributed by atoms with Crippen LogP contribution in [0.4, 0.5) is 10.1 Å². The molecule has 1 aliphatic rings. The molecule has 4 nitrogen and oxygen atoms in total. The number of hydrogen-bond donors (Lipinski definition) is 2. The highest BCUT2D eigenvalue weighted by molar-refractivity contribution is 7.89. The third kappa shape index (κ3) is 3.74. The zero-order chi connectivity index (χ0) is 15.6. The Labute approximate surface area is 126 Å². The van der Waals surface area contributed by atoms with E-state index in [-0.39, 0.29) is 28.1 Å². The molecule has 0 aliphatic heterocycles. The van der Waals surface area contributed by atoms with Crippen molar-refractivity contribution in [2.75, 3.05) is 5.73 Å². The zero-order valence-electron chi connectivity index (χ0n) is 12.5. The Hall–Kier alpha value is -1.14. The van der Waals surface area contributed by atoms with E-state index in [1.807, 2.05) is 0 Å². The monoisotopic (exact) mass is 314 g/mol. The molecule has 1 fully saturated rings. The van der Waals surface area contributed by atoms with Crippen LogP contribution in [0.1, 0.15) is 44.6 Å². The van der Waals surface area contributed by atoms with Gasteiger partial charge in [0.05, 0.1) is 4.90 Å². The normalized spacial score (nSPS) is 23.8. The van der Waals surface area contributed by atoms with Crippen molar-refractivity contribution in [3.63, 3.8) is 0 Å². The smallest absolute Gasteiger partial charge is 0.241 e. The van der Waals surface area contributed by atoms with E-state index in [0.717, 1.165) is 38.2 Å². The molecular weight excluding hydrogens is 291 g/mol. The second-order valence-electron chi connectivity index (χ2n) is 5.97. The Morgan fingerprint density at radius 1 is 1.24 bits per heavy atom. The SMILES string of the molecule is Cc1c(F)cc(N)cc1S(=O)(=O)NC1CCCCCC1C. The first-order chi connectivity index (χ1) is 9.81. The van der Waals surface area contributed by atoms with Gasteiger partial charge in [0.25, 0.3) is 0 Å². The van der Waals surface area contributed by atoms with Crippen molar-refractivity contribution >= 4 is 15.7 Å². The first-order valence-corrected chi connectivity index (χ1v) is 8.87. The topological polar surface area (TPSA) is 72.2 Å². The highest BCUT2D eigenvalue weighted by Crippen LogP contribution is 2.26. The minimum Gasteiger partial charge on any atom is -0.399 e. The summed E-state index contributed by atoms with van der Waals surface area (Å²) < 4.78 is 41.6. The van der Waals surface area contributed by atoms with E-state index in [1.165, 1.54) is 13.0 Å². The molecule has 1 saturated carbocycles. The van der Waals surface area contributed by atoms with Gasteiger partial charge in [0.1, 0.15) is 5.82 Å². The number of anilines is 1. The van der Waals surface area contributed by atoms with Crippen LogP contribution in [-0.4, -0.2) is 14.5 Å². The van der Waals surface area contributed by atoms with E-state index in [2.05, 4.69) is 11.6 Å². The minimum absolute atomic E-state index is 0.0588. The summed E-state index contributed by atoms with van der Waals surface area (Å²) in [5, 5.41) is 0. The number of nitrogens with two attached hydrogens (primary N) is 1. The molecule has 1 aromatic carbocycles. The Morgan fingerprint density at radius 3 is 2.62 bits per heavy atom. The van der Waals surface area contributed by atoms with Crippen LogP contribution in [-0.2, 0) is 10.0 Å². The van der Waals surface area contributed by atoms with Crippen LogP contribution >= 0.6 is 0 Å². The van der Waals surface area contributed by atoms with E-state index in [9.17, 15) is 12.8 Å². The summed E-state index contributed by atoms with van der Waals surface area (Å²) in [4.78, 5) is -0.0588. The first-order valence-electron chi connectivity index (χ1n) is 7.39. The van der Waals surface area contributed by atoms with Crippen LogP contribution in [0.5, 0.6) is 0 Å². The molecule has 0 aromatic heterocycles. The van der Waals surface area contributed by atoms with Crippen LogP contribution in [0.25, 0.3) is 0 Å². The lowest BCUT2D eigenvalue weighted by Crippen LogP contribution is -2.39. The van der Waals surface area contributed by atoms with E-state index in [0.29, 0.717) is 0 Å². The lowest BCUT2D eigenvalue weighted by Gasteiger charge is -2.23. The molecule has 1 aliphatic carbocycles. The second kappa shape index (κ2) is 6.32. The van der Waals surface area contributed by atoms with Crippen LogP contribution in [0, 0.1) is 18.7 Å². The van der Waals surface area contributed by atoms with Crippen molar-refractivity contribution in [1.82, 2.24) is 4.72 Å². The highest BCUT2D eigenvalue weighted by Gasteiger charge is 2.27. The first kappa shape index (κ1) is 16.2. The van der Waals surface area contributed by atoms with Gasteiger partial charge in [-0.15, -0.1) is 0 Å². The largest absolute Gasteiger partial charge is 0.399 e. The van der Waals surface area contributed by atoms with Crippen molar-refractivity contribution in [2.45, 2.75) is 56.9 Å². The van der Waals surface area contributed by atoms with Crippen LogP contribution < -0.4 is 10.5 Å². The van der Waals surface area contributed by atoms with E-state index in [1.54, 1.807) is 0 Å². The average Bonchev–Trinajstić information content (AvgIpc) is 2.59. The second-order valence-corrected chi connectivity index (χ2v) is 7.65. The Morgan fingerprint density at radius 2 is 1.90 bits per heavy atom. The number of rotatable bonds is 3. The maximum absolute atomic E-state index is 13.7. The Bertz CT molecular complexity index is 616. The summed E-state index contributed by atoms with van der Waals surface area (Å²) >= 11 is 0. The van der Waals surface area contributed by atoms with Crippen LogP contribution in [0.2, 0.25) is 0 Å². The fraction of sp³-hybridized carbons (Fsp3) is 0.600. The lowest BCUT2D eigenvalue weighted by molar-refractivity contribution is 0.399. The number of benzene rings is 1. The van der Waals surface area contributed by atoms with Gasteiger partial charge in [-0.2, -0.15) is 0 Å². The van der Waals surface area contributed by atoms with E-state index < -0.39 is 15.8 Å². The van der Waals surface area contributed by atoms with Gasteiger partial charge in [-0.1, -0.05) is 26.2 Å². The van der Waals surface area contributed by atoms with Crippen LogP contribution in [0.3, 0.4) is 0 Å². The summed E-state index contributed by atoms with van der Waals surface area (Å²) in [6, 6.07) is 2.37. The van der Waals surface area contributed by atoms with Gasteiger partial charge in [0, 0.05) is 17.3 Å². The van der Waals surface area contributed by atoms with E-state index in [4.69, 9.17) is 5.73 Å². The summed E-state index contributed by atoms with van der Waals surface area (Å²) in [5.74, 6) is -0.308. The summed E-state index contributed by atoms with van der Waals surface area (Å²) in [6.07, 6.45) is 5.11. The predicted molar refractivity (Wildman–Crippen MR) is 81.9 cm³/mol. The zero-order valence-corrected chi connectivity index (χ0v) is 13.3. The quantitative estimate of drug-likeness (QED) is 0.665. The number of sulfonamides is 1. The van der Waals surface area contributed by atoms with E-state index >= 15 is 0 Å². The molecule has 118 valence electrons. The maximum Gasteiger partial charge on any atom is 0.241 e. The Balaban J connectivity index is 2.30. The number of nitrogen functional groups attached to an aromatic ring is 1. The van der Waals surface area contributed by atoms with Gasteiger partial charge < -0.3 is 5.73 Å². The molecule has 0 spiro atoms. The van der Waals surface area contributed by atoms with Gasteiger partial charge >= 0.3 is 0 Å². The van der Waals surface area contributed by atoms with Crippen molar-refractivity contribution in [3.8, 4) is 0 Å². The van der Waals surface area contributed by atoms with Crippen LogP contribution in [0.15, 0.2) is 17.0 Å². The molecule has 0 amide bonds. The molecular formula is C15H23FN2O2S. The standard InChI is InChI=1S/C15H23FN2O2S/c1-10-6-4-3-5-7-14(10)18-21(19,20)15-9-12(17)8-13(16)11(15)2/h8-10,14,18H,3-7,17H2,1-2H3. The number of nitrogens with one attached hydrogen (secondary N) is 1. The van der Waals surface area contributed by atoms with Gasteiger partial charge in [0.15, 0.2) is 0 Å². The van der Waals surface area contributed by atoms with Gasteiger partial charge in [-0.3, -0.25) is 0 Å². The number of hydrogen-bond acceptors (Lipinski definition) is 3. The Kier molecular flexibility index (Phi) is 4.88. The molecule has 2 unspecified atom stereocenters. The molecule has 0 radical (unpaired) electrons. The van der Waals surface area contributed by atoms with Gasteiger partial charge in [-0.25, -0.2) is 17.5 Å². The average molecular weight is 314 g/mol. The fourth-order valence-electron chi connectivity index (χ4n) is 2.88. The summed E-state index contributed by atoms with van der Waals surface area (Å²) in [5.41, 5.74) is 5.81. The van der Waals surface area contributed by atoms with Gasteiger partial charge in [0.2, 0.25) is 10.0 Å². The fourth-order valence-corrected chi connectivity index (χ4v) is 4.55. The summed E-state index contributed by atoms with van der Waals surface area (Å²) in [7, 11) is -3.75. The van der Waals surface area contributed by atoms with Crippen molar-refractivity contribution in [1.29, 1.82) is 0 Å². The molecule has 2 atom stereocenters. The van der Waals surface area contributed by atoms with Crippen molar-refractivity contribution < 1.29 is 12.8 Å². The minimum atomic E-state index is -3.75. The van der Waals surface area contributed by atoms with Crippen molar-refractivity contribution in [3.05, 3.63) is 23.5 Å². The molecule has 6 heteroatoms. The molecule has 0 bridgehead atoms. The third-order valence-corrected chi connectivity index (χ3v) is 5.89. The predicted octanol–water partition coefficient (Wildman–Crippen LogP) is 2.96. The molecule has 0 saturated heterocycles.